The Morgan fingerprint density at radius 1 is 0.921 bits per heavy atom. The normalized spacial score (nSPS) is 27.1. The highest BCUT2D eigenvalue weighted by Crippen LogP contribution is 2.50. The van der Waals surface area contributed by atoms with Crippen LogP contribution in [0.5, 0.6) is 5.75 Å². The Bertz CT molecular complexity index is 2450. The van der Waals surface area contributed by atoms with E-state index in [0.717, 1.165) is 111 Å². The zero-order chi connectivity index (χ0) is 43.3. The largest absolute Gasteiger partial charge is 0.492 e. The number of hydrogen-bond acceptors (Lipinski definition) is 11. The maximum Gasteiger partial charge on any atom is 0.401 e. The van der Waals surface area contributed by atoms with Gasteiger partial charge in [0.05, 0.1) is 49.7 Å². The summed E-state index contributed by atoms with van der Waals surface area (Å²) in [5.74, 6) is 0.955. The molecule has 7 aliphatic heterocycles. The van der Waals surface area contributed by atoms with Gasteiger partial charge in [0.1, 0.15) is 11.8 Å². The van der Waals surface area contributed by atoms with Crippen LogP contribution in [0.2, 0.25) is 0 Å². The standard InChI is InChI=1S/C46H52F3N9O5/c1-27-18-32-30(3-5-36-33(32)21-52-54-36)39(58(27)25-46(47,48)49)29-19-50-43(51-20-29)56-16-12-45(13-17-56)9-8-28(24-63-45)22-55-14-10-44(11-15-55)26-62-40-34-23-57(37-6-7-38(59)53-41(37)60)42(61)31(34)2-4-35(40)44/h2-5,19-21,27-28,37,39H,6-18,22-26H2,1H3,(H,52,54)(H,53,59,60)/t27-,28?,37+,39-/m1/s1. The number of halogens is 3. The minimum absolute atomic E-state index is 0.0991. The van der Waals surface area contributed by atoms with E-state index in [4.69, 9.17) is 19.4 Å². The molecule has 4 atom stereocenters. The summed E-state index contributed by atoms with van der Waals surface area (Å²) < 4.78 is 54.9. The quantitative estimate of drug-likeness (QED) is 0.247. The Balaban J connectivity index is 0.684. The number of carbonyl (C=O) groups excluding carboxylic acids is 3. The number of aromatic amines is 1. The maximum atomic E-state index is 13.9. The Hall–Kier alpha value is -5.13. The Kier molecular flexibility index (Phi) is 9.84. The summed E-state index contributed by atoms with van der Waals surface area (Å²) in [5.41, 5.74) is 5.70. The van der Waals surface area contributed by atoms with Gasteiger partial charge >= 0.3 is 6.18 Å². The third-order valence-electron chi connectivity index (χ3n) is 15.5. The van der Waals surface area contributed by atoms with E-state index in [1.807, 2.05) is 25.1 Å². The number of H-pyrrole nitrogens is 1. The van der Waals surface area contributed by atoms with Gasteiger partial charge in [0.2, 0.25) is 17.8 Å². The average molecular weight is 868 g/mol. The molecular weight excluding hydrogens is 816 g/mol. The third kappa shape index (κ3) is 7.14. The molecule has 2 spiro atoms. The number of amides is 3. The number of hydrogen-bond donors (Lipinski definition) is 2. The highest BCUT2D eigenvalue weighted by atomic mass is 19.4. The van der Waals surface area contributed by atoms with E-state index < -0.39 is 30.7 Å². The van der Waals surface area contributed by atoms with Gasteiger partial charge in [-0.25, -0.2) is 9.97 Å². The zero-order valence-electron chi connectivity index (χ0n) is 35.4. The first-order chi connectivity index (χ1) is 30.4. The number of rotatable bonds is 6. The number of ether oxygens (including phenoxy) is 2. The summed E-state index contributed by atoms with van der Waals surface area (Å²) in [6.07, 6.45) is 7.63. The zero-order valence-corrected chi connectivity index (χ0v) is 35.4. The molecular formula is C46H52F3N9O5. The lowest BCUT2D eigenvalue weighted by Crippen LogP contribution is -2.52. The van der Waals surface area contributed by atoms with Crippen molar-refractivity contribution in [1.29, 1.82) is 0 Å². The maximum absolute atomic E-state index is 13.9. The first-order valence-corrected chi connectivity index (χ1v) is 22.5. The number of benzene rings is 2. The lowest BCUT2D eigenvalue weighted by molar-refractivity contribution is -0.155. The van der Waals surface area contributed by atoms with Gasteiger partial charge in [0.15, 0.2) is 0 Å². The fourth-order valence-corrected chi connectivity index (χ4v) is 11.9. The fraction of sp³-hybridized carbons (Fsp3) is 0.565. The molecule has 0 aliphatic carbocycles. The van der Waals surface area contributed by atoms with Crippen LogP contribution in [-0.2, 0) is 32.7 Å². The summed E-state index contributed by atoms with van der Waals surface area (Å²) >= 11 is 0. The van der Waals surface area contributed by atoms with Crippen molar-refractivity contribution >= 4 is 34.6 Å². The number of alkyl halides is 3. The molecule has 1 unspecified atom stereocenters. The van der Waals surface area contributed by atoms with Crippen LogP contribution < -0.4 is 15.0 Å². The highest BCUT2D eigenvalue weighted by Gasteiger charge is 2.49. The molecule has 2 aromatic carbocycles. The number of fused-ring (bicyclic) bond motifs is 7. The van der Waals surface area contributed by atoms with Gasteiger partial charge in [-0.1, -0.05) is 12.1 Å². The molecule has 63 heavy (non-hydrogen) atoms. The number of nitrogens with one attached hydrogen (secondary N) is 2. The summed E-state index contributed by atoms with van der Waals surface area (Å²) in [6, 6.07) is 6.13. The van der Waals surface area contributed by atoms with Gasteiger partial charge in [-0.15, -0.1) is 0 Å². The lowest BCUT2D eigenvalue weighted by atomic mass is 9.73. The molecule has 4 aromatic rings. The number of nitrogens with zero attached hydrogens (tertiary/aromatic N) is 7. The molecule has 14 nitrogen and oxygen atoms in total. The molecule has 9 heterocycles. The monoisotopic (exact) mass is 867 g/mol. The Morgan fingerprint density at radius 2 is 1.71 bits per heavy atom. The number of carbonyl (C=O) groups is 3. The summed E-state index contributed by atoms with van der Waals surface area (Å²) in [4.78, 5) is 55.1. The van der Waals surface area contributed by atoms with Crippen molar-refractivity contribution in [2.75, 3.05) is 57.4 Å². The van der Waals surface area contributed by atoms with E-state index >= 15 is 0 Å². The van der Waals surface area contributed by atoms with Crippen molar-refractivity contribution in [3.05, 3.63) is 76.2 Å². The Labute approximate surface area is 362 Å². The number of aromatic nitrogens is 4. The van der Waals surface area contributed by atoms with Crippen molar-refractivity contribution in [3.63, 3.8) is 0 Å². The second-order valence-electron chi connectivity index (χ2n) is 19.1. The molecule has 4 saturated heterocycles. The van der Waals surface area contributed by atoms with E-state index in [9.17, 15) is 27.6 Å². The number of likely N-dealkylation sites (tertiary alicyclic amines) is 1. The van der Waals surface area contributed by atoms with Crippen LogP contribution in [0.15, 0.2) is 42.9 Å². The highest BCUT2D eigenvalue weighted by molar-refractivity contribution is 6.05. The van der Waals surface area contributed by atoms with Crippen LogP contribution in [0.4, 0.5) is 19.1 Å². The van der Waals surface area contributed by atoms with Crippen LogP contribution in [0.25, 0.3) is 10.9 Å². The summed E-state index contributed by atoms with van der Waals surface area (Å²) in [6.45, 7) is 6.85. The summed E-state index contributed by atoms with van der Waals surface area (Å²) in [5, 5.41) is 10.5. The molecule has 2 N–H and O–H groups in total. The topological polar surface area (TPSA) is 149 Å². The van der Waals surface area contributed by atoms with Crippen molar-refractivity contribution in [2.45, 2.75) is 107 Å². The third-order valence-corrected chi connectivity index (χ3v) is 15.5. The van der Waals surface area contributed by atoms with Crippen molar-refractivity contribution in [3.8, 4) is 5.75 Å². The smallest absolute Gasteiger partial charge is 0.401 e. The predicted molar refractivity (Wildman–Crippen MR) is 224 cm³/mol. The van der Waals surface area contributed by atoms with Gasteiger partial charge in [-0.05, 0) is 101 Å². The van der Waals surface area contributed by atoms with Gasteiger partial charge in [0, 0.05) is 77.5 Å². The van der Waals surface area contributed by atoms with Gasteiger partial charge < -0.3 is 24.2 Å². The first-order valence-electron chi connectivity index (χ1n) is 22.5. The molecule has 11 rings (SSSR count). The van der Waals surface area contributed by atoms with Gasteiger partial charge in [-0.3, -0.25) is 29.7 Å². The van der Waals surface area contributed by atoms with Crippen LogP contribution in [-0.4, -0.2) is 129 Å². The van der Waals surface area contributed by atoms with Gasteiger partial charge in [-0.2, -0.15) is 18.3 Å². The molecule has 332 valence electrons. The molecule has 0 saturated carbocycles. The van der Waals surface area contributed by atoms with E-state index in [-0.39, 0.29) is 35.3 Å². The minimum atomic E-state index is -4.36. The average Bonchev–Trinajstić information content (AvgIpc) is 3.99. The number of piperidine rings is 3. The van der Waals surface area contributed by atoms with Gasteiger partial charge in [0.25, 0.3) is 5.91 Å². The number of anilines is 1. The second-order valence-corrected chi connectivity index (χ2v) is 19.1. The van der Waals surface area contributed by atoms with Crippen LogP contribution in [0.3, 0.4) is 0 Å². The van der Waals surface area contributed by atoms with E-state index in [1.165, 1.54) is 10.5 Å². The van der Waals surface area contributed by atoms with Crippen LogP contribution in [0.1, 0.15) is 103 Å². The van der Waals surface area contributed by atoms with Crippen molar-refractivity contribution in [2.24, 2.45) is 5.92 Å². The molecule has 0 radical (unpaired) electrons. The van der Waals surface area contributed by atoms with E-state index in [1.54, 1.807) is 23.5 Å². The molecule has 0 bridgehead atoms. The van der Waals surface area contributed by atoms with Crippen molar-refractivity contribution in [1.82, 2.24) is 40.2 Å². The SMILES string of the molecule is C[C@@H]1Cc2c(ccc3[nH]ncc23)[C@@H](c2cnc(N3CCC4(CCC(CN5CCC6(CC5)COc5c6ccc6c5CN([C@H]5CCC(=O)NC5=O)C6=O)CO4)CC3)nc2)N1CC(F)(F)F. The van der Waals surface area contributed by atoms with Crippen molar-refractivity contribution < 1.29 is 37.0 Å². The van der Waals surface area contributed by atoms with E-state index in [0.29, 0.717) is 49.0 Å². The molecule has 3 amide bonds. The summed E-state index contributed by atoms with van der Waals surface area (Å²) in [7, 11) is 0. The molecule has 7 aliphatic rings. The van der Waals surface area contributed by atoms with E-state index in [2.05, 4.69) is 31.4 Å². The molecule has 2 aromatic heterocycles. The lowest BCUT2D eigenvalue weighted by Gasteiger charge is -2.47. The van der Waals surface area contributed by atoms with Crippen LogP contribution in [0, 0.1) is 5.92 Å². The molecule has 17 heteroatoms. The Morgan fingerprint density at radius 3 is 2.44 bits per heavy atom. The predicted octanol–water partition coefficient (Wildman–Crippen LogP) is 5.20. The minimum Gasteiger partial charge on any atom is -0.492 e. The fourth-order valence-electron chi connectivity index (χ4n) is 11.9. The van der Waals surface area contributed by atoms with Crippen LogP contribution >= 0.6 is 0 Å². The second kappa shape index (κ2) is 15.3. The first kappa shape index (κ1) is 40.6. The molecule has 4 fully saturated rings. The number of imide groups is 1.